The number of carbonyl (C=O) groups excluding carboxylic acids is 1. The molecule has 1 unspecified atom stereocenters. The van der Waals surface area contributed by atoms with Crippen LogP contribution in [0.3, 0.4) is 0 Å². The molecule has 3 rings (SSSR count). The molecule has 1 saturated heterocycles. The summed E-state index contributed by atoms with van der Waals surface area (Å²) in [5, 5.41) is 6.58. The highest BCUT2D eigenvalue weighted by atomic mass is 16.1. The van der Waals surface area contributed by atoms with Crippen molar-refractivity contribution in [3.63, 3.8) is 0 Å². The quantitative estimate of drug-likeness (QED) is 0.899. The van der Waals surface area contributed by atoms with Crippen molar-refractivity contribution in [2.24, 2.45) is 0 Å². The van der Waals surface area contributed by atoms with Gasteiger partial charge in [0.25, 0.3) is 5.91 Å². The van der Waals surface area contributed by atoms with Crippen LogP contribution >= 0.6 is 0 Å². The van der Waals surface area contributed by atoms with Gasteiger partial charge in [-0.25, -0.2) is 0 Å². The molecule has 1 aliphatic rings. The number of rotatable bonds is 3. The summed E-state index contributed by atoms with van der Waals surface area (Å²) in [5.74, 6) is -0.0566. The Morgan fingerprint density at radius 2 is 1.76 bits per heavy atom. The molecule has 0 radical (unpaired) electrons. The standard InChI is InChI=1S/C18H20N2O/c21-18(14-8-2-1-3-9-14)20-17-12-5-4-10-15(17)16-11-6-7-13-19-16/h1-5,8-10,12,16,19H,6-7,11,13H2,(H,20,21). The largest absolute Gasteiger partial charge is 0.322 e. The third-order valence-corrected chi connectivity index (χ3v) is 3.93. The van der Waals surface area contributed by atoms with Crippen molar-refractivity contribution in [3.05, 3.63) is 65.7 Å². The van der Waals surface area contributed by atoms with E-state index in [0.29, 0.717) is 11.6 Å². The maximum absolute atomic E-state index is 12.3. The molecule has 1 amide bonds. The van der Waals surface area contributed by atoms with Gasteiger partial charge in [-0.15, -0.1) is 0 Å². The molecule has 0 aromatic heterocycles. The van der Waals surface area contributed by atoms with E-state index in [4.69, 9.17) is 0 Å². The lowest BCUT2D eigenvalue weighted by Crippen LogP contribution is -2.28. The van der Waals surface area contributed by atoms with Gasteiger partial charge < -0.3 is 10.6 Å². The van der Waals surface area contributed by atoms with Gasteiger partial charge >= 0.3 is 0 Å². The van der Waals surface area contributed by atoms with E-state index in [1.807, 2.05) is 48.5 Å². The van der Waals surface area contributed by atoms with E-state index in [1.165, 1.54) is 18.4 Å². The maximum atomic E-state index is 12.3. The Bertz CT molecular complexity index is 604. The molecule has 3 nitrogen and oxygen atoms in total. The molecular formula is C18H20N2O. The number of carbonyl (C=O) groups is 1. The molecule has 108 valence electrons. The summed E-state index contributed by atoms with van der Waals surface area (Å²) in [5.41, 5.74) is 2.77. The Kier molecular flexibility index (Phi) is 4.31. The number of piperidine rings is 1. The minimum atomic E-state index is -0.0566. The summed E-state index contributed by atoms with van der Waals surface area (Å²) >= 11 is 0. The Labute approximate surface area is 125 Å². The number of para-hydroxylation sites is 1. The van der Waals surface area contributed by atoms with Crippen LogP contribution in [-0.4, -0.2) is 12.5 Å². The van der Waals surface area contributed by atoms with Crippen LogP contribution in [0.5, 0.6) is 0 Å². The fourth-order valence-electron chi connectivity index (χ4n) is 2.82. The predicted octanol–water partition coefficient (Wildman–Crippen LogP) is 3.75. The number of nitrogens with one attached hydrogen (secondary N) is 2. The molecule has 21 heavy (non-hydrogen) atoms. The fraction of sp³-hybridized carbons (Fsp3) is 0.278. The monoisotopic (exact) mass is 280 g/mol. The van der Waals surface area contributed by atoms with Crippen molar-refractivity contribution in [3.8, 4) is 0 Å². The van der Waals surface area contributed by atoms with Crippen LogP contribution < -0.4 is 10.6 Å². The third kappa shape index (κ3) is 3.31. The van der Waals surface area contributed by atoms with Crippen molar-refractivity contribution < 1.29 is 4.79 Å². The molecule has 0 saturated carbocycles. The van der Waals surface area contributed by atoms with E-state index >= 15 is 0 Å². The van der Waals surface area contributed by atoms with Crippen LogP contribution in [0.15, 0.2) is 54.6 Å². The minimum absolute atomic E-state index is 0.0566. The lowest BCUT2D eigenvalue weighted by molar-refractivity contribution is 0.102. The second-order valence-corrected chi connectivity index (χ2v) is 5.41. The molecule has 1 atom stereocenters. The van der Waals surface area contributed by atoms with Gasteiger partial charge in [0.1, 0.15) is 0 Å². The summed E-state index contributed by atoms with van der Waals surface area (Å²) in [6.07, 6.45) is 3.59. The summed E-state index contributed by atoms with van der Waals surface area (Å²) in [6.45, 7) is 1.05. The maximum Gasteiger partial charge on any atom is 0.255 e. The molecule has 2 aromatic carbocycles. The van der Waals surface area contributed by atoms with Crippen LogP contribution in [0, 0.1) is 0 Å². The minimum Gasteiger partial charge on any atom is -0.322 e. The number of amides is 1. The Balaban J connectivity index is 1.80. The molecule has 3 heteroatoms. The lowest BCUT2D eigenvalue weighted by atomic mass is 9.96. The molecule has 2 N–H and O–H groups in total. The highest BCUT2D eigenvalue weighted by molar-refractivity contribution is 6.04. The average molecular weight is 280 g/mol. The van der Waals surface area contributed by atoms with E-state index in [1.54, 1.807) is 0 Å². The van der Waals surface area contributed by atoms with Crippen LogP contribution in [0.25, 0.3) is 0 Å². The first-order valence-corrected chi connectivity index (χ1v) is 7.53. The number of anilines is 1. The first kappa shape index (κ1) is 13.8. The van der Waals surface area contributed by atoms with Gasteiger partial charge in [-0.2, -0.15) is 0 Å². The van der Waals surface area contributed by atoms with Crippen LogP contribution in [0.4, 0.5) is 5.69 Å². The highest BCUT2D eigenvalue weighted by Gasteiger charge is 2.18. The van der Waals surface area contributed by atoms with Gasteiger partial charge in [0.15, 0.2) is 0 Å². The summed E-state index contributed by atoms with van der Waals surface area (Å²) < 4.78 is 0. The van der Waals surface area contributed by atoms with Crippen molar-refractivity contribution in [1.29, 1.82) is 0 Å². The zero-order valence-corrected chi connectivity index (χ0v) is 12.0. The van der Waals surface area contributed by atoms with E-state index in [9.17, 15) is 4.79 Å². The first-order valence-electron chi connectivity index (χ1n) is 7.53. The molecule has 2 aromatic rings. The second kappa shape index (κ2) is 6.55. The second-order valence-electron chi connectivity index (χ2n) is 5.41. The summed E-state index contributed by atoms with van der Waals surface area (Å²) in [6, 6.07) is 17.7. The lowest BCUT2D eigenvalue weighted by Gasteiger charge is -2.26. The van der Waals surface area contributed by atoms with Crippen molar-refractivity contribution in [2.45, 2.75) is 25.3 Å². The third-order valence-electron chi connectivity index (χ3n) is 3.93. The number of hydrogen-bond acceptors (Lipinski definition) is 2. The Morgan fingerprint density at radius 1 is 1.00 bits per heavy atom. The van der Waals surface area contributed by atoms with Gasteiger partial charge in [-0.1, -0.05) is 42.8 Å². The van der Waals surface area contributed by atoms with E-state index in [2.05, 4.69) is 16.7 Å². The molecule has 0 spiro atoms. The summed E-state index contributed by atoms with van der Waals surface area (Å²) in [4.78, 5) is 12.3. The van der Waals surface area contributed by atoms with Crippen molar-refractivity contribution >= 4 is 11.6 Å². The zero-order chi connectivity index (χ0) is 14.5. The normalized spacial score (nSPS) is 18.2. The van der Waals surface area contributed by atoms with Crippen LogP contribution in [-0.2, 0) is 0 Å². The first-order chi connectivity index (χ1) is 10.3. The predicted molar refractivity (Wildman–Crippen MR) is 85.4 cm³/mol. The van der Waals surface area contributed by atoms with Crippen LogP contribution in [0.2, 0.25) is 0 Å². The zero-order valence-electron chi connectivity index (χ0n) is 12.0. The SMILES string of the molecule is O=C(Nc1ccccc1C1CCCCN1)c1ccccc1. The van der Waals surface area contributed by atoms with Crippen LogP contribution in [0.1, 0.15) is 41.2 Å². The van der Waals surface area contributed by atoms with E-state index < -0.39 is 0 Å². The van der Waals surface area contributed by atoms with Gasteiger partial charge in [0.05, 0.1) is 0 Å². The van der Waals surface area contributed by atoms with E-state index in [0.717, 1.165) is 18.7 Å². The number of benzene rings is 2. The topological polar surface area (TPSA) is 41.1 Å². The molecule has 0 aliphatic carbocycles. The molecular weight excluding hydrogens is 260 g/mol. The van der Waals surface area contributed by atoms with Gasteiger partial charge in [0.2, 0.25) is 0 Å². The molecule has 1 heterocycles. The molecule has 1 aliphatic heterocycles. The molecule has 0 bridgehead atoms. The Morgan fingerprint density at radius 3 is 2.52 bits per heavy atom. The van der Waals surface area contributed by atoms with Gasteiger partial charge in [-0.05, 0) is 43.1 Å². The van der Waals surface area contributed by atoms with Gasteiger partial charge in [0, 0.05) is 17.3 Å². The highest BCUT2D eigenvalue weighted by Crippen LogP contribution is 2.29. The van der Waals surface area contributed by atoms with Crippen molar-refractivity contribution in [1.82, 2.24) is 5.32 Å². The Hall–Kier alpha value is -2.13. The van der Waals surface area contributed by atoms with E-state index in [-0.39, 0.29) is 5.91 Å². The average Bonchev–Trinajstić information content (AvgIpc) is 2.57. The fourth-order valence-corrected chi connectivity index (χ4v) is 2.82. The summed E-state index contributed by atoms with van der Waals surface area (Å²) in [7, 11) is 0. The smallest absolute Gasteiger partial charge is 0.255 e. The van der Waals surface area contributed by atoms with Crippen molar-refractivity contribution in [2.75, 3.05) is 11.9 Å². The number of hydrogen-bond donors (Lipinski definition) is 2. The molecule has 1 fully saturated rings. The van der Waals surface area contributed by atoms with Gasteiger partial charge in [-0.3, -0.25) is 4.79 Å².